The van der Waals surface area contributed by atoms with Crippen LogP contribution in [0.2, 0.25) is 0 Å². The summed E-state index contributed by atoms with van der Waals surface area (Å²) >= 11 is 0. The number of aliphatic imine (C=N–C) groups is 1. The fourth-order valence-electron chi connectivity index (χ4n) is 2.41. The van der Waals surface area contributed by atoms with Gasteiger partial charge in [-0.25, -0.2) is 17.6 Å². The summed E-state index contributed by atoms with van der Waals surface area (Å²) in [4.78, 5) is 28.5. The van der Waals surface area contributed by atoms with Crippen LogP contribution >= 0.6 is 0 Å². The van der Waals surface area contributed by atoms with Gasteiger partial charge in [0, 0.05) is 12.8 Å². The summed E-state index contributed by atoms with van der Waals surface area (Å²) in [6.07, 6.45) is 1.46. The second-order valence-corrected chi connectivity index (χ2v) is 5.73. The molecule has 28 heavy (non-hydrogen) atoms. The van der Waals surface area contributed by atoms with Gasteiger partial charge in [-0.05, 0) is 25.0 Å². The van der Waals surface area contributed by atoms with Gasteiger partial charge in [0.2, 0.25) is 0 Å². The number of Topliss-reactive ketones (excluding diaryl/α,β-unsaturated/α-hetero) is 1. The van der Waals surface area contributed by atoms with Gasteiger partial charge in [0.25, 0.3) is 0 Å². The summed E-state index contributed by atoms with van der Waals surface area (Å²) in [5, 5.41) is 0. The van der Waals surface area contributed by atoms with Gasteiger partial charge in [0.15, 0.2) is 35.0 Å². The number of hydrogen-bond acceptors (Lipinski definition) is 4. The van der Waals surface area contributed by atoms with E-state index in [1.807, 2.05) is 30.3 Å². The number of carbonyl (C=O) groups excluding carboxylic acids is 2. The van der Waals surface area contributed by atoms with Gasteiger partial charge in [0.05, 0.1) is 12.2 Å². The zero-order valence-electron chi connectivity index (χ0n) is 14.9. The fourth-order valence-corrected chi connectivity index (χ4v) is 2.41. The standard InChI is InChI=1S/C20H17F4NO3/c1-2-28-20(27)14(11-25-9-8-12-6-4-3-5-7-12)19(26)13-10-15(21)17(23)18(24)16(13)22/h3-7,10-11,14H,2,8-9H2,1H3. The molecule has 2 aromatic carbocycles. The van der Waals surface area contributed by atoms with Gasteiger partial charge >= 0.3 is 5.97 Å². The van der Waals surface area contributed by atoms with Crippen molar-refractivity contribution in [2.24, 2.45) is 10.9 Å². The molecule has 0 aliphatic rings. The first-order valence-corrected chi connectivity index (χ1v) is 8.44. The highest BCUT2D eigenvalue weighted by molar-refractivity contribution is 6.18. The molecular weight excluding hydrogens is 378 g/mol. The van der Waals surface area contributed by atoms with Crippen LogP contribution < -0.4 is 0 Å². The highest BCUT2D eigenvalue weighted by atomic mass is 19.2. The molecule has 0 aliphatic heterocycles. The molecule has 4 nitrogen and oxygen atoms in total. The van der Waals surface area contributed by atoms with E-state index in [1.165, 1.54) is 6.92 Å². The predicted molar refractivity (Wildman–Crippen MR) is 94.2 cm³/mol. The topological polar surface area (TPSA) is 55.7 Å². The van der Waals surface area contributed by atoms with Crippen molar-refractivity contribution in [2.75, 3.05) is 13.2 Å². The van der Waals surface area contributed by atoms with Crippen molar-refractivity contribution >= 4 is 18.0 Å². The second-order valence-electron chi connectivity index (χ2n) is 5.73. The first-order valence-electron chi connectivity index (χ1n) is 8.44. The average molecular weight is 395 g/mol. The minimum atomic E-state index is -2.13. The van der Waals surface area contributed by atoms with E-state index in [0.29, 0.717) is 6.42 Å². The Bertz CT molecular complexity index is 885. The van der Waals surface area contributed by atoms with Gasteiger partial charge in [-0.15, -0.1) is 0 Å². The van der Waals surface area contributed by atoms with Crippen LogP contribution in [-0.4, -0.2) is 31.1 Å². The molecule has 0 amide bonds. The van der Waals surface area contributed by atoms with Crippen molar-refractivity contribution < 1.29 is 31.9 Å². The highest BCUT2D eigenvalue weighted by Crippen LogP contribution is 2.21. The smallest absolute Gasteiger partial charge is 0.322 e. The molecule has 1 unspecified atom stereocenters. The zero-order valence-corrected chi connectivity index (χ0v) is 14.9. The Balaban J connectivity index is 2.24. The minimum absolute atomic E-state index is 0.0743. The predicted octanol–water partition coefficient (Wildman–Crippen LogP) is 3.92. The van der Waals surface area contributed by atoms with Crippen LogP contribution in [0.3, 0.4) is 0 Å². The Morgan fingerprint density at radius 3 is 2.39 bits per heavy atom. The quantitative estimate of drug-likeness (QED) is 0.130. The van der Waals surface area contributed by atoms with E-state index in [9.17, 15) is 27.2 Å². The number of halogens is 4. The lowest BCUT2D eigenvalue weighted by atomic mass is 9.97. The Kier molecular flexibility index (Phi) is 7.43. The van der Waals surface area contributed by atoms with E-state index in [4.69, 9.17) is 4.74 Å². The number of hydrogen-bond donors (Lipinski definition) is 0. The highest BCUT2D eigenvalue weighted by Gasteiger charge is 2.32. The third-order valence-corrected chi connectivity index (χ3v) is 3.82. The van der Waals surface area contributed by atoms with Crippen molar-refractivity contribution in [3.63, 3.8) is 0 Å². The summed E-state index contributed by atoms with van der Waals surface area (Å²) in [6.45, 7) is 1.63. The van der Waals surface area contributed by atoms with E-state index in [2.05, 4.69) is 4.99 Å². The first-order chi connectivity index (χ1) is 13.4. The fraction of sp³-hybridized carbons (Fsp3) is 0.250. The third-order valence-electron chi connectivity index (χ3n) is 3.82. The van der Waals surface area contributed by atoms with Gasteiger partial charge in [-0.3, -0.25) is 14.6 Å². The molecule has 0 N–H and O–H groups in total. The van der Waals surface area contributed by atoms with Crippen LogP contribution in [0.4, 0.5) is 17.6 Å². The van der Waals surface area contributed by atoms with Crippen LogP contribution in [0, 0.1) is 29.2 Å². The lowest BCUT2D eigenvalue weighted by Gasteiger charge is -2.12. The largest absolute Gasteiger partial charge is 0.465 e. The number of nitrogens with zero attached hydrogens (tertiary/aromatic N) is 1. The van der Waals surface area contributed by atoms with E-state index < -0.39 is 46.5 Å². The molecule has 1 atom stereocenters. The van der Waals surface area contributed by atoms with Gasteiger partial charge < -0.3 is 4.74 Å². The molecule has 2 rings (SSSR count). The van der Waals surface area contributed by atoms with Crippen LogP contribution in [0.25, 0.3) is 0 Å². The lowest BCUT2D eigenvalue weighted by molar-refractivity contribution is -0.143. The second kappa shape index (κ2) is 9.77. The molecule has 2 aromatic rings. The van der Waals surface area contributed by atoms with Gasteiger partial charge in [-0.1, -0.05) is 30.3 Å². The molecule has 0 aliphatic carbocycles. The first kappa shape index (κ1) is 21.3. The SMILES string of the molecule is CCOC(=O)C(C=NCCc1ccccc1)C(=O)c1cc(F)c(F)c(F)c1F. The van der Waals surface area contributed by atoms with Crippen molar-refractivity contribution in [2.45, 2.75) is 13.3 Å². The van der Waals surface area contributed by atoms with E-state index in [1.54, 1.807) is 0 Å². The van der Waals surface area contributed by atoms with E-state index in [0.717, 1.165) is 11.8 Å². The molecule has 0 fully saturated rings. The average Bonchev–Trinajstić information content (AvgIpc) is 2.69. The monoisotopic (exact) mass is 395 g/mol. The van der Waals surface area contributed by atoms with Crippen molar-refractivity contribution in [3.05, 3.63) is 70.8 Å². The maximum Gasteiger partial charge on any atom is 0.322 e. The Labute approximate surface area is 158 Å². The lowest BCUT2D eigenvalue weighted by Crippen LogP contribution is -2.29. The number of esters is 1. The van der Waals surface area contributed by atoms with E-state index >= 15 is 0 Å². The number of ether oxygens (including phenoxy) is 1. The number of ketones is 1. The molecule has 8 heteroatoms. The summed E-state index contributed by atoms with van der Waals surface area (Å²) in [5.74, 6) is -11.8. The molecule has 0 heterocycles. The molecule has 0 saturated carbocycles. The van der Waals surface area contributed by atoms with Gasteiger partial charge in [-0.2, -0.15) is 0 Å². The maximum absolute atomic E-state index is 13.9. The molecule has 0 radical (unpaired) electrons. The summed E-state index contributed by atoms with van der Waals surface area (Å²) in [7, 11) is 0. The molecule has 0 saturated heterocycles. The number of rotatable bonds is 8. The van der Waals surface area contributed by atoms with Crippen molar-refractivity contribution in [1.82, 2.24) is 0 Å². The Hall–Kier alpha value is -3.03. The zero-order chi connectivity index (χ0) is 20.7. The maximum atomic E-state index is 13.9. The number of carbonyl (C=O) groups is 2. The van der Waals surface area contributed by atoms with Crippen LogP contribution in [0.5, 0.6) is 0 Å². The normalized spacial score (nSPS) is 12.2. The van der Waals surface area contributed by atoms with E-state index in [-0.39, 0.29) is 19.2 Å². The summed E-state index contributed by atoms with van der Waals surface area (Å²) in [5.41, 5.74) is -0.128. The minimum Gasteiger partial charge on any atom is -0.465 e. The van der Waals surface area contributed by atoms with Crippen molar-refractivity contribution in [1.29, 1.82) is 0 Å². The molecule has 148 valence electrons. The van der Waals surface area contributed by atoms with Crippen molar-refractivity contribution in [3.8, 4) is 0 Å². The van der Waals surface area contributed by atoms with Crippen LogP contribution in [0.15, 0.2) is 41.4 Å². The van der Waals surface area contributed by atoms with Crippen LogP contribution in [-0.2, 0) is 16.0 Å². The van der Waals surface area contributed by atoms with Gasteiger partial charge in [0.1, 0.15) is 0 Å². The Morgan fingerprint density at radius 2 is 1.75 bits per heavy atom. The molecular formula is C20H17F4NO3. The third kappa shape index (κ3) is 5.03. The summed E-state index contributed by atoms with van der Waals surface area (Å²) < 4.78 is 58.6. The molecule has 0 aromatic heterocycles. The number of benzene rings is 2. The molecule has 0 bridgehead atoms. The van der Waals surface area contributed by atoms with Crippen LogP contribution in [0.1, 0.15) is 22.8 Å². The Morgan fingerprint density at radius 1 is 1.07 bits per heavy atom. The summed E-state index contributed by atoms with van der Waals surface area (Å²) in [6, 6.07) is 9.46. The molecule has 0 spiro atoms.